The van der Waals surface area contributed by atoms with Crippen LogP contribution in [-0.4, -0.2) is 30.9 Å². The number of amides is 1. The maximum Gasteiger partial charge on any atom is 0.428 e. The summed E-state index contributed by atoms with van der Waals surface area (Å²) in [6, 6.07) is 10.9. The molecule has 1 amide bonds. The van der Waals surface area contributed by atoms with Gasteiger partial charge in [-0.05, 0) is 49.2 Å². The van der Waals surface area contributed by atoms with E-state index in [9.17, 15) is 8.42 Å². The van der Waals surface area contributed by atoms with Gasteiger partial charge in [0.1, 0.15) is 11.2 Å². The van der Waals surface area contributed by atoms with Crippen LogP contribution in [-0.2, 0) is 10.0 Å². The molecule has 0 atom stereocenters. The standard InChI is InChI=1S/C17H16BrNO3S.CH3NO3/c18-11-5-7-14-15-10-13(6-8-16(15)22-17(14)9-11)23(20,21)19-12-3-1-2-4-12;3-1(4)2-5/h5-10,12,19H,1-4H2;2,5H,(H,3,4). The van der Waals surface area contributed by atoms with E-state index in [0.717, 1.165) is 52.0 Å². The van der Waals surface area contributed by atoms with Crippen molar-refractivity contribution >= 4 is 54.0 Å². The fourth-order valence-corrected chi connectivity index (χ4v) is 4.90. The Morgan fingerprint density at radius 3 is 2.39 bits per heavy atom. The Kier molecular flexibility index (Phi) is 6.23. The maximum absolute atomic E-state index is 12.6. The molecule has 10 heteroatoms. The molecule has 1 heterocycles. The third kappa shape index (κ3) is 4.64. The molecule has 1 saturated carbocycles. The quantitative estimate of drug-likeness (QED) is 0.335. The molecular weight excluding hydrogens is 452 g/mol. The van der Waals surface area contributed by atoms with Crippen LogP contribution < -0.4 is 10.2 Å². The number of sulfonamides is 1. The fraction of sp³-hybridized carbons (Fsp3) is 0.278. The molecule has 4 N–H and O–H groups in total. The smallest absolute Gasteiger partial charge is 0.428 e. The number of fused-ring (bicyclic) bond motifs is 3. The van der Waals surface area contributed by atoms with Crippen molar-refractivity contribution in [3.63, 3.8) is 0 Å². The summed E-state index contributed by atoms with van der Waals surface area (Å²) in [6.07, 6.45) is 2.58. The normalized spacial score (nSPS) is 14.8. The minimum atomic E-state index is -3.49. The number of rotatable bonds is 3. The van der Waals surface area contributed by atoms with Crippen LogP contribution in [0.25, 0.3) is 21.9 Å². The third-order valence-electron chi connectivity index (χ3n) is 4.49. The first kappa shape index (κ1) is 20.6. The lowest BCUT2D eigenvalue weighted by molar-refractivity contribution is 0.122. The highest BCUT2D eigenvalue weighted by Gasteiger charge is 2.23. The van der Waals surface area contributed by atoms with Crippen molar-refractivity contribution in [2.24, 2.45) is 0 Å². The van der Waals surface area contributed by atoms with Gasteiger partial charge in [0.15, 0.2) is 0 Å². The van der Waals surface area contributed by atoms with E-state index in [1.165, 1.54) is 0 Å². The Morgan fingerprint density at radius 1 is 1.07 bits per heavy atom. The van der Waals surface area contributed by atoms with E-state index in [1.54, 1.807) is 18.2 Å². The molecule has 1 aliphatic carbocycles. The Balaban J connectivity index is 0.000000403. The van der Waals surface area contributed by atoms with E-state index < -0.39 is 16.1 Å². The summed E-state index contributed by atoms with van der Waals surface area (Å²) in [4.78, 5) is 9.30. The number of carbonyl (C=O) groups is 1. The zero-order valence-electron chi connectivity index (χ0n) is 14.7. The van der Waals surface area contributed by atoms with Crippen LogP contribution in [0.4, 0.5) is 4.79 Å². The molecule has 0 radical (unpaired) electrons. The van der Waals surface area contributed by atoms with Crippen LogP contribution >= 0.6 is 15.9 Å². The second-order valence-electron chi connectivity index (χ2n) is 6.42. The SMILES string of the molecule is O=C(O)NO.O=S(=O)(NC1CCCC1)c1ccc2oc3cc(Br)ccc3c2c1. The van der Waals surface area contributed by atoms with Crippen molar-refractivity contribution in [3.8, 4) is 0 Å². The van der Waals surface area contributed by atoms with Crippen molar-refractivity contribution in [3.05, 3.63) is 40.9 Å². The molecule has 0 spiro atoms. The van der Waals surface area contributed by atoms with Crippen LogP contribution in [0, 0.1) is 0 Å². The van der Waals surface area contributed by atoms with Gasteiger partial charge >= 0.3 is 6.09 Å². The molecule has 1 fully saturated rings. The van der Waals surface area contributed by atoms with Crippen LogP contribution in [0.2, 0.25) is 0 Å². The monoisotopic (exact) mass is 470 g/mol. The van der Waals surface area contributed by atoms with Crippen molar-refractivity contribution in [1.82, 2.24) is 10.2 Å². The van der Waals surface area contributed by atoms with Gasteiger partial charge in [0.25, 0.3) is 0 Å². The van der Waals surface area contributed by atoms with Crippen molar-refractivity contribution < 1.29 is 27.9 Å². The molecule has 0 saturated heterocycles. The molecule has 8 nitrogen and oxygen atoms in total. The highest BCUT2D eigenvalue weighted by atomic mass is 79.9. The molecular formula is C18H19BrN2O6S. The topological polar surface area (TPSA) is 129 Å². The zero-order chi connectivity index (χ0) is 20.3. The van der Waals surface area contributed by atoms with Gasteiger partial charge in [-0.15, -0.1) is 0 Å². The molecule has 28 heavy (non-hydrogen) atoms. The van der Waals surface area contributed by atoms with Crippen molar-refractivity contribution in [2.75, 3.05) is 0 Å². The van der Waals surface area contributed by atoms with Gasteiger partial charge in [0.05, 0.1) is 4.90 Å². The molecule has 2 aromatic carbocycles. The molecule has 3 aromatic rings. The van der Waals surface area contributed by atoms with Crippen LogP contribution in [0.5, 0.6) is 0 Å². The molecule has 1 aromatic heterocycles. The van der Waals surface area contributed by atoms with Gasteiger partial charge < -0.3 is 9.52 Å². The largest absolute Gasteiger partial charge is 0.464 e. The highest BCUT2D eigenvalue weighted by Crippen LogP contribution is 2.32. The fourth-order valence-electron chi connectivity index (χ4n) is 3.23. The molecule has 0 unspecified atom stereocenters. The Morgan fingerprint density at radius 2 is 1.75 bits per heavy atom. The molecule has 1 aliphatic rings. The van der Waals surface area contributed by atoms with Crippen LogP contribution in [0.15, 0.2) is 50.2 Å². The summed E-state index contributed by atoms with van der Waals surface area (Å²) < 4.78 is 34.7. The minimum absolute atomic E-state index is 0.0627. The molecule has 150 valence electrons. The average molecular weight is 471 g/mol. The van der Waals surface area contributed by atoms with Gasteiger partial charge in [-0.3, -0.25) is 5.21 Å². The number of furan rings is 1. The van der Waals surface area contributed by atoms with Gasteiger partial charge in [0.2, 0.25) is 10.0 Å². The first-order chi connectivity index (χ1) is 13.3. The summed E-state index contributed by atoms with van der Waals surface area (Å²) in [5, 5.41) is 16.4. The van der Waals surface area contributed by atoms with Crippen LogP contribution in [0.3, 0.4) is 0 Å². The number of nitrogens with one attached hydrogen (secondary N) is 2. The lowest BCUT2D eigenvalue weighted by atomic mass is 10.1. The van der Waals surface area contributed by atoms with Gasteiger partial charge in [-0.1, -0.05) is 28.8 Å². The Bertz CT molecular complexity index is 1110. The van der Waals surface area contributed by atoms with E-state index in [-0.39, 0.29) is 6.04 Å². The molecule has 0 bridgehead atoms. The Labute approximate surface area is 169 Å². The zero-order valence-corrected chi connectivity index (χ0v) is 17.1. The van der Waals surface area contributed by atoms with Gasteiger partial charge in [-0.25, -0.2) is 23.4 Å². The van der Waals surface area contributed by atoms with Gasteiger partial charge in [0, 0.05) is 21.3 Å². The highest BCUT2D eigenvalue weighted by molar-refractivity contribution is 9.10. The van der Waals surface area contributed by atoms with E-state index in [2.05, 4.69) is 20.7 Å². The lowest BCUT2D eigenvalue weighted by Crippen LogP contribution is -2.32. The van der Waals surface area contributed by atoms with E-state index in [1.807, 2.05) is 18.2 Å². The number of hydrogen-bond acceptors (Lipinski definition) is 5. The number of halogens is 1. The lowest BCUT2D eigenvalue weighted by Gasteiger charge is -2.12. The summed E-state index contributed by atoms with van der Waals surface area (Å²) in [6.45, 7) is 0. The molecule has 4 rings (SSSR count). The second kappa shape index (κ2) is 8.48. The summed E-state index contributed by atoms with van der Waals surface area (Å²) in [7, 11) is -3.49. The van der Waals surface area contributed by atoms with Crippen LogP contribution in [0.1, 0.15) is 25.7 Å². The number of hydroxylamine groups is 1. The Hall–Kier alpha value is -2.14. The second-order valence-corrected chi connectivity index (χ2v) is 9.05. The summed E-state index contributed by atoms with van der Waals surface area (Å²) >= 11 is 3.42. The average Bonchev–Trinajstić information content (AvgIpc) is 3.27. The number of hydrogen-bond donors (Lipinski definition) is 4. The number of benzene rings is 2. The third-order valence-corrected chi connectivity index (χ3v) is 6.50. The first-order valence-corrected chi connectivity index (χ1v) is 10.8. The van der Waals surface area contributed by atoms with Gasteiger partial charge in [-0.2, -0.15) is 0 Å². The van der Waals surface area contributed by atoms with E-state index >= 15 is 0 Å². The van der Waals surface area contributed by atoms with E-state index in [0.29, 0.717) is 10.5 Å². The minimum Gasteiger partial charge on any atom is -0.464 e. The maximum atomic E-state index is 12.6. The van der Waals surface area contributed by atoms with Crippen molar-refractivity contribution in [1.29, 1.82) is 0 Å². The predicted octanol–water partition coefficient (Wildman–Crippen LogP) is 4.21. The summed E-state index contributed by atoms with van der Waals surface area (Å²) in [5.74, 6) is 0. The summed E-state index contributed by atoms with van der Waals surface area (Å²) in [5.41, 5.74) is 2.38. The predicted molar refractivity (Wildman–Crippen MR) is 107 cm³/mol. The van der Waals surface area contributed by atoms with E-state index in [4.69, 9.17) is 19.5 Å². The molecule has 0 aliphatic heterocycles. The van der Waals surface area contributed by atoms with Crippen molar-refractivity contribution in [2.45, 2.75) is 36.6 Å². The number of carboxylic acid groups (broad SMARTS) is 1. The first-order valence-electron chi connectivity index (χ1n) is 8.57.